The molecule has 0 saturated heterocycles. The van der Waals surface area contributed by atoms with E-state index >= 15 is 0 Å². The van der Waals surface area contributed by atoms with E-state index in [9.17, 15) is 14.7 Å². The molecule has 84 valence electrons. The first-order chi connectivity index (χ1) is 5.91. The molecule has 0 aromatic rings. The number of carbonyl (C=O) groups is 2. The van der Waals surface area contributed by atoms with Crippen molar-refractivity contribution in [1.29, 1.82) is 0 Å². The fourth-order valence-electron chi connectivity index (χ4n) is 0.594. The zero-order chi connectivity index (χ0) is 10.6. The molecule has 0 rings (SSSR count). The second-order valence-corrected chi connectivity index (χ2v) is 2.34. The molecule has 0 unspecified atom stereocenters. The van der Waals surface area contributed by atoms with Gasteiger partial charge in [-0.15, -0.1) is 0 Å². The van der Waals surface area contributed by atoms with Gasteiger partial charge in [0.25, 0.3) is 0 Å². The van der Waals surface area contributed by atoms with Crippen molar-refractivity contribution < 1.29 is 70.2 Å². The van der Waals surface area contributed by atoms with Gasteiger partial charge >= 0.3 is 29.6 Å². The molecule has 0 amide bonds. The third-order valence-corrected chi connectivity index (χ3v) is 1.37. The summed E-state index contributed by atoms with van der Waals surface area (Å²) < 4.78 is 0. The van der Waals surface area contributed by atoms with E-state index in [1.807, 2.05) is 0 Å². The van der Waals surface area contributed by atoms with Gasteiger partial charge in [-0.05, 0) is 0 Å². The predicted octanol–water partition coefficient (Wildman–Crippen LogP) is -8.44. The van der Waals surface area contributed by atoms with E-state index in [2.05, 4.69) is 0 Å². The summed E-state index contributed by atoms with van der Waals surface area (Å²) in [5, 5.41) is 44.5. The van der Waals surface area contributed by atoms with Crippen molar-refractivity contribution in [2.24, 2.45) is 0 Å². The summed E-state index contributed by atoms with van der Waals surface area (Å²) >= 11 is 0. The van der Waals surface area contributed by atoms with Crippen molar-refractivity contribution in [3.8, 4) is 0 Å². The van der Waals surface area contributed by atoms with Crippen LogP contribution >= 0.6 is 0 Å². The predicted molar refractivity (Wildman–Crippen MR) is 38.7 cm³/mol. The number of ketones is 1. The zero-order valence-corrected chi connectivity index (χ0v) is 9.95. The van der Waals surface area contributed by atoms with Gasteiger partial charge in [0.1, 0.15) is 24.3 Å². The minimum atomic E-state index is -2.30. The molecule has 0 aromatic carbocycles. The average Bonchev–Trinajstić information content (AvgIpc) is 2.12. The van der Waals surface area contributed by atoms with Crippen LogP contribution in [-0.4, -0.2) is 62.6 Å². The van der Waals surface area contributed by atoms with Gasteiger partial charge in [-0.2, -0.15) is 0 Å². The van der Waals surface area contributed by atoms with Crippen LogP contribution in [0, 0.1) is 0 Å². The molecule has 0 fully saturated rings. The molecule has 0 heterocycles. The first-order valence-electron chi connectivity index (χ1n) is 3.32. The second kappa shape index (κ2) is 9.19. The Morgan fingerprint density at radius 3 is 1.87 bits per heavy atom. The van der Waals surface area contributed by atoms with E-state index in [0.717, 1.165) is 0 Å². The Kier molecular flexibility index (Phi) is 12.5. The van der Waals surface area contributed by atoms with Gasteiger partial charge in [0.05, 0.1) is 6.61 Å². The minimum absolute atomic E-state index is 0. The van der Waals surface area contributed by atoms with E-state index < -0.39 is 36.7 Å². The topological polar surface area (TPSA) is 170 Å². The normalized spacial score (nSPS) is 15.2. The van der Waals surface area contributed by atoms with Gasteiger partial charge in [0.15, 0.2) is 0 Å². The number of aliphatic carboxylic acids is 1. The Morgan fingerprint density at radius 2 is 1.60 bits per heavy atom. The van der Waals surface area contributed by atoms with Crippen molar-refractivity contribution in [3.05, 3.63) is 0 Å². The number of Topliss-reactive ketones (excluding diaryl/α,β-unsaturated/α-hetero) is 1. The maximum absolute atomic E-state index is 10.4. The number of hydrogen-bond acceptors (Lipinski definition) is 7. The molecule has 0 radical (unpaired) electrons. The summed E-state index contributed by atoms with van der Waals surface area (Å²) in [5.74, 6) is -3.92. The molecule has 6 N–H and O–H groups in total. The first kappa shape index (κ1) is 20.4. The number of aliphatic hydroxyl groups is 4. The number of aliphatic hydroxyl groups excluding tert-OH is 4. The van der Waals surface area contributed by atoms with Crippen molar-refractivity contribution >= 4 is 11.8 Å². The molecule has 0 aliphatic carbocycles. The maximum Gasteiger partial charge on any atom is 1.00 e. The molecule has 9 heteroatoms. The molecular formula is C6H11NaO8. The standard InChI is InChI=1S/C6H10O7.Na.H2O/c7-1-2(8)3(9)4(10)5(11)6(12)13;;/h2-4,7-10H,1H2,(H,12,13);;1H2/q;+1;/p-1/t2-,3+,4-;;/m1../s1. The summed E-state index contributed by atoms with van der Waals surface area (Å²) in [6, 6.07) is 0. The van der Waals surface area contributed by atoms with Gasteiger partial charge in [0.2, 0.25) is 5.78 Å². The maximum atomic E-state index is 10.4. The van der Waals surface area contributed by atoms with Crippen LogP contribution in [0.3, 0.4) is 0 Å². The Labute approximate surface area is 107 Å². The van der Waals surface area contributed by atoms with E-state index in [-0.39, 0.29) is 35.0 Å². The Balaban J connectivity index is -0.000000720. The van der Waals surface area contributed by atoms with Crippen LogP contribution in [0.4, 0.5) is 0 Å². The van der Waals surface area contributed by atoms with Gasteiger partial charge in [-0.3, -0.25) is 4.79 Å². The third-order valence-electron chi connectivity index (χ3n) is 1.37. The number of hydrogen-bond donors (Lipinski definition) is 4. The van der Waals surface area contributed by atoms with E-state index in [4.69, 9.17) is 20.4 Å². The average molecular weight is 234 g/mol. The fraction of sp³-hybridized carbons (Fsp3) is 0.667. The van der Waals surface area contributed by atoms with Crippen LogP contribution in [0.2, 0.25) is 0 Å². The molecule has 8 nitrogen and oxygen atoms in total. The third kappa shape index (κ3) is 6.17. The minimum Gasteiger partial charge on any atom is -0.542 e. The van der Waals surface area contributed by atoms with Crippen LogP contribution in [0.5, 0.6) is 0 Å². The molecule has 0 spiro atoms. The van der Waals surface area contributed by atoms with Crippen LogP contribution in [-0.2, 0) is 9.59 Å². The number of rotatable bonds is 5. The number of carboxylic acid groups (broad SMARTS) is 1. The molecule has 0 saturated carbocycles. The summed E-state index contributed by atoms with van der Waals surface area (Å²) in [6.45, 7) is -0.904. The van der Waals surface area contributed by atoms with Gasteiger partial charge in [-0.1, -0.05) is 0 Å². The quantitative estimate of drug-likeness (QED) is 0.270. The first-order valence-corrected chi connectivity index (χ1v) is 3.32. The number of carboxylic acids is 1. The largest absolute Gasteiger partial charge is 1.00 e. The van der Waals surface area contributed by atoms with Crippen LogP contribution in [0.15, 0.2) is 0 Å². The van der Waals surface area contributed by atoms with Crippen LogP contribution < -0.4 is 34.7 Å². The van der Waals surface area contributed by atoms with Crippen molar-refractivity contribution in [2.45, 2.75) is 18.3 Å². The molecule has 0 aliphatic rings. The fourth-order valence-corrected chi connectivity index (χ4v) is 0.594. The van der Waals surface area contributed by atoms with E-state index in [1.54, 1.807) is 0 Å². The van der Waals surface area contributed by atoms with Crippen LogP contribution in [0.1, 0.15) is 0 Å². The zero-order valence-electron chi connectivity index (χ0n) is 7.95. The van der Waals surface area contributed by atoms with Crippen molar-refractivity contribution in [3.63, 3.8) is 0 Å². The molecule has 0 aromatic heterocycles. The molecular weight excluding hydrogens is 223 g/mol. The Morgan fingerprint density at radius 1 is 1.20 bits per heavy atom. The Bertz CT molecular complexity index is 207. The molecule has 0 bridgehead atoms. The smallest absolute Gasteiger partial charge is 0.542 e. The van der Waals surface area contributed by atoms with Crippen molar-refractivity contribution in [2.75, 3.05) is 6.61 Å². The second-order valence-electron chi connectivity index (χ2n) is 2.34. The monoisotopic (exact) mass is 234 g/mol. The van der Waals surface area contributed by atoms with Gasteiger partial charge in [-0.25, -0.2) is 0 Å². The Hall–Kier alpha value is -0.0600. The molecule has 3 atom stereocenters. The summed E-state index contributed by atoms with van der Waals surface area (Å²) in [6.07, 6.45) is -6.12. The summed E-state index contributed by atoms with van der Waals surface area (Å²) in [4.78, 5) is 20.3. The molecule has 15 heavy (non-hydrogen) atoms. The number of carbonyl (C=O) groups excluding carboxylic acids is 2. The van der Waals surface area contributed by atoms with Crippen molar-refractivity contribution in [1.82, 2.24) is 0 Å². The molecule has 0 aliphatic heterocycles. The SMILES string of the molecule is O.O=C([O-])C(=O)[C@H](O)[C@@H](O)[C@H](O)CO.[Na+]. The van der Waals surface area contributed by atoms with Gasteiger partial charge in [0, 0.05) is 0 Å². The van der Waals surface area contributed by atoms with Crippen LogP contribution in [0.25, 0.3) is 0 Å². The summed E-state index contributed by atoms with van der Waals surface area (Å²) in [5.41, 5.74) is 0. The van der Waals surface area contributed by atoms with E-state index in [0.29, 0.717) is 0 Å². The van der Waals surface area contributed by atoms with Gasteiger partial charge < -0.3 is 35.8 Å². The summed E-state index contributed by atoms with van der Waals surface area (Å²) in [7, 11) is 0. The van der Waals surface area contributed by atoms with E-state index in [1.165, 1.54) is 0 Å².